The molecule has 0 saturated heterocycles. The molecule has 0 bridgehead atoms. The molecule has 11 aromatic rings. The van der Waals surface area contributed by atoms with Gasteiger partial charge in [-0.15, -0.1) is 0 Å². The Balaban J connectivity index is 1.12. The fourth-order valence-corrected chi connectivity index (χ4v) is 8.47. The fraction of sp³-hybridized carbons (Fsp3) is 0. The Labute approximate surface area is 312 Å². The van der Waals surface area contributed by atoms with Crippen LogP contribution in [0.5, 0.6) is 0 Å². The number of benzene rings is 10. The Morgan fingerprint density at radius 2 is 0.981 bits per heavy atom. The maximum absolute atomic E-state index is 6.57. The normalized spacial score (nSPS) is 11.7. The van der Waals surface area contributed by atoms with Gasteiger partial charge in [-0.1, -0.05) is 146 Å². The maximum atomic E-state index is 6.57. The Kier molecular flexibility index (Phi) is 6.90. The first-order chi connectivity index (χ1) is 26.8. The molecule has 10 aromatic carbocycles. The van der Waals surface area contributed by atoms with Gasteiger partial charge in [0.2, 0.25) is 0 Å². The Morgan fingerprint density at radius 3 is 1.81 bits per heavy atom. The zero-order valence-corrected chi connectivity index (χ0v) is 29.4. The Bertz CT molecular complexity index is 3210. The maximum Gasteiger partial charge on any atom is 0.137 e. The summed E-state index contributed by atoms with van der Waals surface area (Å²) in [5, 5.41) is 12.2. The fourth-order valence-electron chi connectivity index (χ4n) is 8.47. The molecule has 1 aromatic heterocycles. The molecule has 0 saturated carbocycles. The van der Waals surface area contributed by atoms with Gasteiger partial charge >= 0.3 is 0 Å². The molecule has 0 amide bonds. The third-order valence-electron chi connectivity index (χ3n) is 11.0. The molecule has 0 atom stereocenters. The monoisotopic (exact) mass is 687 g/mol. The minimum atomic E-state index is 0.869. The van der Waals surface area contributed by atoms with Crippen LogP contribution >= 0.6 is 0 Å². The van der Waals surface area contributed by atoms with E-state index in [4.69, 9.17) is 4.42 Å². The van der Waals surface area contributed by atoms with E-state index in [-0.39, 0.29) is 0 Å². The summed E-state index contributed by atoms with van der Waals surface area (Å²) in [6.07, 6.45) is 0. The van der Waals surface area contributed by atoms with Crippen molar-refractivity contribution < 1.29 is 4.42 Å². The van der Waals surface area contributed by atoms with E-state index in [2.05, 4.69) is 205 Å². The lowest BCUT2D eigenvalue weighted by molar-refractivity contribution is 0.669. The first-order valence-electron chi connectivity index (χ1n) is 18.5. The summed E-state index contributed by atoms with van der Waals surface area (Å²) in [5.74, 6) is 0. The molecule has 1 heterocycles. The predicted octanol–water partition coefficient (Wildman–Crippen LogP) is 15.0. The Morgan fingerprint density at radius 1 is 0.315 bits per heavy atom. The highest BCUT2D eigenvalue weighted by molar-refractivity contribution is 6.23. The molecule has 0 aliphatic rings. The highest BCUT2D eigenvalue weighted by Crippen LogP contribution is 2.45. The molecule has 0 aliphatic heterocycles. The lowest BCUT2D eigenvalue weighted by atomic mass is 9.90. The van der Waals surface area contributed by atoms with Gasteiger partial charge in [-0.3, -0.25) is 0 Å². The van der Waals surface area contributed by atoms with Crippen molar-refractivity contribution in [1.29, 1.82) is 0 Å². The highest BCUT2D eigenvalue weighted by atomic mass is 16.3. The quantitative estimate of drug-likeness (QED) is 0.168. The molecule has 0 unspecified atom stereocenters. The highest BCUT2D eigenvalue weighted by Gasteiger charge is 2.21. The lowest BCUT2D eigenvalue weighted by Crippen LogP contribution is -2.10. The molecule has 54 heavy (non-hydrogen) atoms. The van der Waals surface area contributed by atoms with Crippen LogP contribution in [0.4, 0.5) is 17.1 Å². The van der Waals surface area contributed by atoms with Gasteiger partial charge in [-0.05, 0) is 120 Å². The molecule has 2 heteroatoms. The molecule has 0 radical (unpaired) electrons. The number of anilines is 3. The number of fused-ring (bicyclic) bond motifs is 9. The van der Waals surface area contributed by atoms with Gasteiger partial charge in [-0.25, -0.2) is 0 Å². The summed E-state index contributed by atoms with van der Waals surface area (Å²) >= 11 is 0. The summed E-state index contributed by atoms with van der Waals surface area (Å²) in [7, 11) is 0. The molecule has 0 fully saturated rings. The largest absolute Gasteiger partial charge is 0.456 e. The molecule has 252 valence electrons. The second-order valence-electron chi connectivity index (χ2n) is 14.1. The number of furan rings is 1. The summed E-state index contributed by atoms with van der Waals surface area (Å²) in [6, 6.07) is 72.3. The van der Waals surface area contributed by atoms with Gasteiger partial charge in [-0.2, -0.15) is 0 Å². The van der Waals surface area contributed by atoms with Crippen molar-refractivity contribution in [2.75, 3.05) is 4.90 Å². The van der Waals surface area contributed by atoms with Crippen LogP contribution in [0, 0.1) is 0 Å². The van der Waals surface area contributed by atoms with E-state index in [1.165, 1.54) is 65.3 Å². The van der Waals surface area contributed by atoms with Crippen LogP contribution in [0.15, 0.2) is 205 Å². The molecular formula is C52H33NO. The predicted molar refractivity (Wildman–Crippen MR) is 229 cm³/mol. The zero-order valence-electron chi connectivity index (χ0n) is 29.4. The zero-order chi connectivity index (χ0) is 35.6. The van der Waals surface area contributed by atoms with Crippen molar-refractivity contribution in [3.63, 3.8) is 0 Å². The van der Waals surface area contributed by atoms with Crippen molar-refractivity contribution in [2.45, 2.75) is 0 Å². The van der Waals surface area contributed by atoms with E-state index < -0.39 is 0 Å². The van der Waals surface area contributed by atoms with E-state index >= 15 is 0 Å². The molecule has 0 N–H and O–H groups in total. The smallest absolute Gasteiger partial charge is 0.137 e. The lowest BCUT2D eigenvalue weighted by Gasteiger charge is -2.27. The number of hydrogen-bond donors (Lipinski definition) is 0. The van der Waals surface area contributed by atoms with Crippen LogP contribution in [0.2, 0.25) is 0 Å². The molecular weight excluding hydrogens is 655 g/mol. The third-order valence-corrected chi connectivity index (χ3v) is 11.0. The summed E-state index contributed by atoms with van der Waals surface area (Å²) in [4.78, 5) is 2.38. The van der Waals surface area contributed by atoms with E-state index in [9.17, 15) is 0 Å². The van der Waals surface area contributed by atoms with Gasteiger partial charge < -0.3 is 9.32 Å². The molecule has 0 aliphatic carbocycles. The van der Waals surface area contributed by atoms with Gasteiger partial charge in [0.25, 0.3) is 0 Å². The molecule has 11 rings (SSSR count). The van der Waals surface area contributed by atoms with Crippen molar-refractivity contribution in [1.82, 2.24) is 0 Å². The van der Waals surface area contributed by atoms with Crippen LogP contribution in [-0.2, 0) is 0 Å². The van der Waals surface area contributed by atoms with Crippen LogP contribution in [0.3, 0.4) is 0 Å². The topological polar surface area (TPSA) is 16.4 Å². The minimum Gasteiger partial charge on any atom is -0.456 e. The van der Waals surface area contributed by atoms with Gasteiger partial charge in [0.1, 0.15) is 11.2 Å². The number of rotatable bonds is 5. The van der Waals surface area contributed by atoms with Crippen LogP contribution in [-0.4, -0.2) is 0 Å². The second-order valence-corrected chi connectivity index (χ2v) is 14.1. The average Bonchev–Trinajstić information content (AvgIpc) is 3.61. The van der Waals surface area contributed by atoms with E-state index in [1.807, 2.05) is 0 Å². The summed E-state index contributed by atoms with van der Waals surface area (Å²) < 4.78 is 6.57. The van der Waals surface area contributed by atoms with Crippen molar-refractivity contribution in [3.05, 3.63) is 200 Å². The second kappa shape index (κ2) is 12.2. The molecule has 0 spiro atoms. The van der Waals surface area contributed by atoms with E-state index in [0.29, 0.717) is 0 Å². The van der Waals surface area contributed by atoms with Gasteiger partial charge in [0.05, 0.1) is 11.1 Å². The molecule has 2 nitrogen and oxygen atoms in total. The van der Waals surface area contributed by atoms with Crippen molar-refractivity contribution >= 4 is 82.1 Å². The summed E-state index contributed by atoms with van der Waals surface area (Å²) in [5.41, 5.74) is 9.74. The van der Waals surface area contributed by atoms with Gasteiger partial charge in [0.15, 0.2) is 0 Å². The van der Waals surface area contributed by atoms with Gasteiger partial charge in [0, 0.05) is 16.8 Å². The Hall–Kier alpha value is -7.16. The number of hydrogen-bond acceptors (Lipinski definition) is 2. The van der Waals surface area contributed by atoms with Crippen LogP contribution in [0.25, 0.3) is 87.3 Å². The van der Waals surface area contributed by atoms with E-state index in [0.717, 1.165) is 39.0 Å². The third kappa shape index (κ3) is 4.88. The van der Waals surface area contributed by atoms with Crippen molar-refractivity contribution in [2.24, 2.45) is 0 Å². The van der Waals surface area contributed by atoms with Crippen LogP contribution in [0.1, 0.15) is 0 Å². The first-order valence-corrected chi connectivity index (χ1v) is 18.5. The average molecular weight is 688 g/mol. The van der Waals surface area contributed by atoms with Crippen molar-refractivity contribution in [3.8, 4) is 22.3 Å². The number of nitrogens with zero attached hydrogens (tertiary/aromatic N) is 1. The SMILES string of the molecule is c1ccc(-c2cccc(N(c3ccc(-c4cc5ccc6ccccc6c5c5ccccc45)cc3)c3cccc4oc5cc6ccccc6cc5c34)c2)cc1. The standard InChI is InChI=1S/C52H33NO/c1-2-12-34(13-3-1)37-17-10-18-42(30-37)53(48-22-11-23-49-52(48)47-31-38-15-4-5-16-39(38)33-50(47)54-49)41-28-26-36(27-29-41)46-32-40-25-24-35-14-6-7-19-43(35)51(40)45-21-9-8-20-44(45)46/h1-33H. The summed E-state index contributed by atoms with van der Waals surface area (Å²) in [6.45, 7) is 0. The van der Waals surface area contributed by atoms with E-state index in [1.54, 1.807) is 0 Å². The van der Waals surface area contributed by atoms with Crippen LogP contribution < -0.4 is 4.90 Å². The minimum absolute atomic E-state index is 0.869. The first kappa shape index (κ1) is 30.5.